The van der Waals surface area contributed by atoms with Crippen LogP contribution in [-0.4, -0.2) is 159 Å². The maximum absolute atomic E-state index is 13.8. The molecule has 0 spiro atoms. The van der Waals surface area contributed by atoms with E-state index in [0.717, 1.165) is 57.8 Å². The Hall–Kier alpha value is -1.35. The van der Waals surface area contributed by atoms with Crippen molar-refractivity contribution < 1.29 is 74.1 Å². The number of ether oxygens (including phenoxy) is 6. The van der Waals surface area contributed by atoms with Gasteiger partial charge >= 0.3 is 0 Å². The lowest BCUT2D eigenvalue weighted by Gasteiger charge is -2.71. The summed E-state index contributed by atoms with van der Waals surface area (Å²) >= 11 is 0. The lowest BCUT2D eigenvalue weighted by molar-refractivity contribution is -0.380. The highest BCUT2D eigenvalue weighted by Gasteiger charge is 2.69. The number of carbonyl (C=O) groups excluding carboxylic acids is 1. The quantitative estimate of drug-likeness (QED) is 0.125. The normalized spacial score (nSPS) is 53.4. The number of allylic oxidation sites excluding steroid dienone is 2. The smallest absolute Gasteiger partial charge is 0.226 e. The van der Waals surface area contributed by atoms with Crippen LogP contribution in [0, 0.1) is 50.2 Å². The maximum atomic E-state index is 13.8. The van der Waals surface area contributed by atoms with Gasteiger partial charge in [0, 0.05) is 7.05 Å². The predicted octanol–water partition coefficient (Wildman–Crippen LogP) is 2.03. The van der Waals surface area contributed by atoms with Gasteiger partial charge in [-0.1, -0.05) is 60.1 Å². The number of carbonyl (C=O) groups is 1. The minimum Gasteiger partial charge on any atom is -0.394 e. The van der Waals surface area contributed by atoms with Crippen molar-refractivity contribution in [2.24, 2.45) is 50.2 Å². The number of hydrogen-bond donors (Lipinski definition) is 9. The average molecular weight is 910 g/mol. The molecular formula is C48H79NO15. The Morgan fingerprint density at radius 3 is 2.06 bits per heavy atom. The van der Waals surface area contributed by atoms with Gasteiger partial charge in [-0.05, 0) is 116 Å². The first kappa shape index (κ1) is 49.1. The first-order valence-corrected chi connectivity index (χ1v) is 24.1. The Kier molecular flexibility index (Phi) is 13.2. The third-order valence-electron chi connectivity index (χ3n) is 19.2. The van der Waals surface area contributed by atoms with Crippen LogP contribution in [0.5, 0.6) is 0 Å². The highest BCUT2D eigenvalue weighted by Crippen LogP contribution is 2.76. The number of aliphatic hydroxyl groups is 8. The standard InChI is InChI=1S/C48H79NO15/c1-23-31(51)34(54)36(56)39(60-23)64-38-33(53)27(62-40-37(57)35(55)32(52)26(21-50)61-40)22-59-41(38)63-30-13-14-45(6)28(44(30,4)5)12-15-47(8)29(45)11-10-24-25-20-43(2,3)16-18-48(25,42(58)49-9)19-17-46(24,47)7/h10,23,25-41,50-57H,11-22H2,1-9H3,(H,49,58)/t23-,25-,26+,27-,28-,29+,30-,31-,32+,33-,34+,35-,36+,37+,38+,39-,40-,41-,45-,46+,47+,48-/m0/s1. The van der Waals surface area contributed by atoms with Gasteiger partial charge in [-0.2, -0.15) is 0 Å². The van der Waals surface area contributed by atoms with Gasteiger partial charge in [-0.3, -0.25) is 4.79 Å². The molecule has 16 heteroatoms. The number of rotatable bonds is 8. The Bertz CT molecular complexity index is 1750. The third-order valence-corrected chi connectivity index (χ3v) is 19.2. The highest BCUT2D eigenvalue weighted by atomic mass is 16.8. The van der Waals surface area contributed by atoms with Crippen LogP contribution in [0.2, 0.25) is 0 Å². The van der Waals surface area contributed by atoms with E-state index in [4.69, 9.17) is 28.4 Å². The van der Waals surface area contributed by atoms with Gasteiger partial charge in [0.25, 0.3) is 0 Å². The van der Waals surface area contributed by atoms with Gasteiger partial charge in [0.2, 0.25) is 5.91 Å². The zero-order valence-electron chi connectivity index (χ0n) is 39.4. The summed E-state index contributed by atoms with van der Waals surface area (Å²) in [5.41, 5.74) is 0.869. The second kappa shape index (κ2) is 17.3. The number of fused-ring (bicyclic) bond motifs is 7. The second-order valence-electron chi connectivity index (χ2n) is 23.3. The van der Waals surface area contributed by atoms with Crippen LogP contribution in [-0.2, 0) is 33.2 Å². The van der Waals surface area contributed by atoms with Crippen molar-refractivity contribution in [2.45, 2.75) is 212 Å². The van der Waals surface area contributed by atoms with Crippen LogP contribution >= 0.6 is 0 Å². The Morgan fingerprint density at radius 2 is 1.39 bits per heavy atom. The van der Waals surface area contributed by atoms with Crippen molar-refractivity contribution in [3.05, 3.63) is 11.6 Å². The molecule has 5 aliphatic carbocycles. The van der Waals surface area contributed by atoms with Gasteiger partial charge < -0.3 is 74.6 Å². The maximum Gasteiger partial charge on any atom is 0.226 e. The molecule has 64 heavy (non-hydrogen) atoms. The summed E-state index contributed by atoms with van der Waals surface area (Å²) in [6.45, 7) is 17.4. The summed E-state index contributed by atoms with van der Waals surface area (Å²) in [4.78, 5) is 13.8. The summed E-state index contributed by atoms with van der Waals surface area (Å²) in [5.74, 6) is 1.08. The fraction of sp³-hybridized carbons (Fsp3) is 0.938. The van der Waals surface area contributed by atoms with Crippen LogP contribution in [0.1, 0.15) is 120 Å². The molecule has 16 nitrogen and oxygen atoms in total. The van der Waals surface area contributed by atoms with Crippen molar-refractivity contribution in [3.63, 3.8) is 0 Å². The van der Waals surface area contributed by atoms with Gasteiger partial charge in [-0.25, -0.2) is 0 Å². The summed E-state index contributed by atoms with van der Waals surface area (Å²) in [5, 5.41) is 88.4. The van der Waals surface area contributed by atoms with Gasteiger partial charge in [0.1, 0.15) is 61.0 Å². The molecule has 9 N–H and O–H groups in total. The number of hydrogen-bond acceptors (Lipinski definition) is 15. The van der Waals surface area contributed by atoms with Gasteiger partial charge in [0.05, 0.1) is 30.8 Å². The number of aliphatic hydroxyl groups excluding tert-OH is 8. The highest BCUT2D eigenvalue weighted by molar-refractivity contribution is 5.84. The van der Waals surface area contributed by atoms with E-state index in [1.807, 2.05) is 0 Å². The fourth-order valence-electron chi connectivity index (χ4n) is 15.0. The molecule has 8 aliphatic rings. The van der Waals surface area contributed by atoms with E-state index >= 15 is 0 Å². The summed E-state index contributed by atoms with van der Waals surface area (Å²) in [7, 11) is 1.79. The zero-order valence-corrected chi connectivity index (χ0v) is 39.4. The summed E-state index contributed by atoms with van der Waals surface area (Å²) in [6, 6.07) is 0. The Morgan fingerprint density at radius 1 is 0.734 bits per heavy atom. The fourth-order valence-corrected chi connectivity index (χ4v) is 15.0. The van der Waals surface area contributed by atoms with Crippen LogP contribution < -0.4 is 5.32 Å². The molecule has 3 saturated heterocycles. The molecule has 366 valence electrons. The number of amides is 1. The molecule has 0 radical (unpaired) electrons. The van der Waals surface area contributed by atoms with Crippen molar-refractivity contribution in [2.75, 3.05) is 20.3 Å². The monoisotopic (exact) mass is 910 g/mol. The Labute approximate surface area is 378 Å². The van der Waals surface area contributed by atoms with Crippen molar-refractivity contribution in [1.29, 1.82) is 0 Å². The third kappa shape index (κ3) is 7.59. The summed E-state index contributed by atoms with van der Waals surface area (Å²) in [6.07, 6.45) is -8.84. The van der Waals surface area contributed by atoms with Crippen molar-refractivity contribution >= 4 is 5.91 Å². The molecule has 1 amide bonds. The molecule has 0 bridgehead atoms. The molecule has 0 aromatic carbocycles. The van der Waals surface area contributed by atoms with E-state index in [1.165, 1.54) is 12.5 Å². The molecule has 22 atom stereocenters. The molecule has 3 aliphatic heterocycles. The van der Waals surface area contributed by atoms with E-state index in [-0.39, 0.29) is 62.9 Å². The molecule has 0 aromatic rings. The topological polar surface area (TPSA) is 246 Å². The first-order valence-electron chi connectivity index (χ1n) is 24.1. The molecule has 3 heterocycles. The molecule has 7 fully saturated rings. The van der Waals surface area contributed by atoms with E-state index in [2.05, 4.69) is 59.9 Å². The minimum atomic E-state index is -1.74. The zero-order chi connectivity index (χ0) is 46.7. The second-order valence-corrected chi connectivity index (χ2v) is 23.3. The lowest BCUT2D eigenvalue weighted by atomic mass is 9.33. The Balaban J connectivity index is 1.04. The van der Waals surface area contributed by atoms with E-state index in [9.17, 15) is 45.6 Å². The van der Waals surface area contributed by atoms with Crippen LogP contribution in [0.15, 0.2) is 11.6 Å². The van der Waals surface area contributed by atoms with Crippen LogP contribution in [0.3, 0.4) is 0 Å². The SMILES string of the molecule is CNC(=O)[C@]12CCC(C)(C)C[C@H]1C1=CC[C@@H]3[C@@]4(C)CC[C@H](O[C@@H]5OC[C@H](O[C@@H]6O[C@H](CO)[C@@H](O)[C@H](O)[C@H]6O)[C@H](O)[C@H]5O[C@@H]5O[C@@H](C)[C@H](O)[C@@H](O)[C@H]5O)C(C)(C)[C@@H]4CC[C@@]3(C)[C@]1(C)CC2. The lowest BCUT2D eigenvalue weighted by Crippen LogP contribution is -2.66. The van der Waals surface area contributed by atoms with Crippen molar-refractivity contribution in [3.8, 4) is 0 Å². The average Bonchev–Trinajstić information content (AvgIpc) is 3.24. The molecule has 0 unspecified atom stereocenters. The predicted molar refractivity (Wildman–Crippen MR) is 230 cm³/mol. The summed E-state index contributed by atoms with van der Waals surface area (Å²) < 4.78 is 36.8. The van der Waals surface area contributed by atoms with Crippen LogP contribution in [0.25, 0.3) is 0 Å². The van der Waals surface area contributed by atoms with Gasteiger partial charge in [-0.15, -0.1) is 0 Å². The first-order chi connectivity index (χ1) is 29.9. The molecule has 8 rings (SSSR count). The van der Waals surface area contributed by atoms with E-state index < -0.39 is 92.6 Å². The van der Waals surface area contributed by atoms with Crippen LogP contribution in [0.4, 0.5) is 0 Å². The molecule has 4 saturated carbocycles. The van der Waals surface area contributed by atoms with E-state index in [1.54, 1.807) is 7.05 Å². The number of nitrogens with one attached hydrogen (secondary N) is 1. The minimum absolute atomic E-state index is 0.0180. The molecule has 0 aromatic heterocycles. The van der Waals surface area contributed by atoms with Crippen molar-refractivity contribution in [1.82, 2.24) is 5.32 Å². The van der Waals surface area contributed by atoms with E-state index in [0.29, 0.717) is 12.3 Å². The largest absolute Gasteiger partial charge is 0.394 e. The molecular weight excluding hydrogens is 831 g/mol. The van der Waals surface area contributed by atoms with Gasteiger partial charge in [0.15, 0.2) is 18.9 Å².